The first kappa shape index (κ1) is 20.7. The van der Waals surface area contributed by atoms with Crippen molar-refractivity contribution in [3.05, 3.63) is 65.4 Å². The van der Waals surface area contributed by atoms with Crippen LogP contribution in [0.25, 0.3) is 17.0 Å². The SMILES string of the molecule is CCOC(=O)/C(C#N)=C\c1ccc(OC(=O)c2cc3ccccc3o2)c(OCC)c1. The summed E-state index contributed by atoms with van der Waals surface area (Å²) in [5, 5.41) is 9.98. The van der Waals surface area contributed by atoms with E-state index in [9.17, 15) is 14.9 Å². The summed E-state index contributed by atoms with van der Waals surface area (Å²) in [5.41, 5.74) is 0.955. The average molecular weight is 405 g/mol. The molecule has 2 aromatic carbocycles. The molecule has 1 heterocycles. The van der Waals surface area contributed by atoms with Crippen molar-refractivity contribution >= 4 is 29.0 Å². The third-order valence-electron chi connectivity index (χ3n) is 4.02. The fourth-order valence-electron chi connectivity index (χ4n) is 2.71. The zero-order chi connectivity index (χ0) is 21.5. The normalized spacial score (nSPS) is 11.0. The molecule has 30 heavy (non-hydrogen) atoms. The van der Waals surface area contributed by atoms with Crippen molar-refractivity contribution in [2.75, 3.05) is 13.2 Å². The Kier molecular flexibility index (Phi) is 6.50. The first-order chi connectivity index (χ1) is 14.5. The van der Waals surface area contributed by atoms with Gasteiger partial charge in [-0.1, -0.05) is 24.3 Å². The quantitative estimate of drug-likeness (QED) is 0.247. The van der Waals surface area contributed by atoms with Gasteiger partial charge in [-0.3, -0.25) is 0 Å². The predicted octanol–water partition coefficient (Wildman–Crippen LogP) is 4.52. The second kappa shape index (κ2) is 9.43. The Morgan fingerprint density at radius 3 is 2.57 bits per heavy atom. The minimum absolute atomic E-state index is 0.0664. The van der Waals surface area contributed by atoms with Gasteiger partial charge in [0.25, 0.3) is 0 Å². The van der Waals surface area contributed by atoms with Crippen LogP contribution in [0.1, 0.15) is 30.0 Å². The molecule has 3 rings (SSSR count). The first-order valence-corrected chi connectivity index (χ1v) is 9.32. The zero-order valence-corrected chi connectivity index (χ0v) is 16.5. The summed E-state index contributed by atoms with van der Waals surface area (Å²) in [6, 6.07) is 15.4. The highest BCUT2D eigenvalue weighted by Gasteiger charge is 2.18. The van der Waals surface area contributed by atoms with Gasteiger partial charge in [0.1, 0.15) is 17.2 Å². The number of rotatable bonds is 7. The maximum absolute atomic E-state index is 12.5. The van der Waals surface area contributed by atoms with Crippen LogP contribution in [0.4, 0.5) is 0 Å². The topological polar surface area (TPSA) is 98.8 Å². The van der Waals surface area contributed by atoms with Crippen molar-refractivity contribution in [3.8, 4) is 17.6 Å². The number of fused-ring (bicyclic) bond motifs is 1. The predicted molar refractivity (Wildman–Crippen MR) is 109 cm³/mol. The van der Waals surface area contributed by atoms with Gasteiger partial charge in [-0.25, -0.2) is 9.59 Å². The molecular weight excluding hydrogens is 386 g/mol. The Bertz CT molecular complexity index is 1120. The van der Waals surface area contributed by atoms with E-state index in [4.69, 9.17) is 18.6 Å². The molecule has 0 amide bonds. The van der Waals surface area contributed by atoms with E-state index in [1.807, 2.05) is 24.3 Å². The zero-order valence-electron chi connectivity index (χ0n) is 16.5. The fourth-order valence-corrected chi connectivity index (χ4v) is 2.71. The minimum atomic E-state index is -0.710. The Balaban J connectivity index is 1.87. The van der Waals surface area contributed by atoms with E-state index < -0.39 is 11.9 Å². The minimum Gasteiger partial charge on any atom is -0.490 e. The molecule has 0 N–H and O–H groups in total. The van der Waals surface area contributed by atoms with Gasteiger partial charge in [-0.15, -0.1) is 0 Å². The van der Waals surface area contributed by atoms with Gasteiger partial charge in [-0.2, -0.15) is 5.26 Å². The second-order valence-electron chi connectivity index (χ2n) is 6.07. The van der Waals surface area contributed by atoms with Crippen LogP contribution in [0.2, 0.25) is 0 Å². The highest BCUT2D eigenvalue weighted by Crippen LogP contribution is 2.31. The molecule has 0 spiro atoms. The molecule has 0 radical (unpaired) electrons. The number of hydrogen-bond acceptors (Lipinski definition) is 7. The number of para-hydroxylation sites is 1. The van der Waals surface area contributed by atoms with E-state index in [2.05, 4.69) is 0 Å². The van der Waals surface area contributed by atoms with Crippen LogP contribution >= 0.6 is 0 Å². The molecule has 7 heteroatoms. The third-order valence-corrected chi connectivity index (χ3v) is 4.02. The van der Waals surface area contributed by atoms with Gasteiger partial charge in [0, 0.05) is 5.39 Å². The molecule has 0 aliphatic carbocycles. The van der Waals surface area contributed by atoms with Crippen molar-refractivity contribution in [3.63, 3.8) is 0 Å². The van der Waals surface area contributed by atoms with Crippen LogP contribution in [0.3, 0.4) is 0 Å². The fraction of sp³-hybridized carbons (Fsp3) is 0.174. The number of carbonyl (C=O) groups excluding carboxylic acids is 2. The van der Waals surface area contributed by atoms with Gasteiger partial charge in [0.2, 0.25) is 5.76 Å². The van der Waals surface area contributed by atoms with Crippen molar-refractivity contribution < 1.29 is 28.2 Å². The van der Waals surface area contributed by atoms with Gasteiger partial charge in [-0.05, 0) is 49.8 Å². The summed E-state index contributed by atoms with van der Waals surface area (Å²) in [6.45, 7) is 3.93. The van der Waals surface area contributed by atoms with E-state index in [0.29, 0.717) is 17.8 Å². The van der Waals surface area contributed by atoms with Crippen LogP contribution in [-0.2, 0) is 9.53 Å². The van der Waals surface area contributed by atoms with Crippen LogP contribution < -0.4 is 9.47 Å². The number of nitrogens with zero attached hydrogens (tertiary/aromatic N) is 1. The summed E-state index contributed by atoms with van der Waals surface area (Å²) in [4.78, 5) is 24.3. The van der Waals surface area contributed by atoms with E-state index >= 15 is 0 Å². The number of esters is 2. The molecule has 152 valence electrons. The van der Waals surface area contributed by atoms with Crippen LogP contribution in [0, 0.1) is 11.3 Å². The Labute approximate surface area is 173 Å². The monoisotopic (exact) mass is 405 g/mol. The molecule has 3 aromatic rings. The maximum atomic E-state index is 12.5. The van der Waals surface area contributed by atoms with Crippen LogP contribution in [0.15, 0.2) is 58.5 Å². The van der Waals surface area contributed by atoms with Crippen molar-refractivity contribution in [1.29, 1.82) is 5.26 Å². The van der Waals surface area contributed by atoms with E-state index in [-0.39, 0.29) is 29.4 Å². The van der Waals surface area contributed by atoms with Gasteiger partial charge >= 0.3 is 11.9 Å². The molecule has 0 unspecified atom stereocenters. The lowest BCUT2D eigenvalue weighted by molar-refractivity contribution is -0.137. The summed E-state index contributed by atoms with van der Waals surface area (Å²) >= 11 is 0. The standard InChI is InChI=1S/C23H19NO6/c1-3-27-20-12-15(11-17(14-24)22(25)28-4-2)9-10-19(20)30-23(26)21-13-16-7-5-6-8-18(16)29-21/h5-13H,3-4H2,1-2H3/b17-11-. The number of furan rings is 1. The Hall–Kier alpha value is -4.05. The average Bonchev–Trinajstić information content (AvgIpc) is 3.18. The maximum Gasteiger partial charge on any atom is 0.379 e. The molecule has 0 aliphatic heterocycles. The summed E-state index contributed by atoms with van der Waals surface area (Å²) in [7, 11) is 0. The second-order valence-corrected chi connectivity index (χ2v) is 6.07. The molecule has 7 nitrogen and oxygen atoms in total. The van der Waals surface area contributed by atoms with Crippen LogP contribution in [0.5, 0.6) is 11.5 Å². The van der Waals surface area contributed by atoms with E-state index in [0.717, 1.165) is 5.39 Å². The largest absolute Gasteiger partial charge is 0.490 e. The van der Waals surface area contributed by atoms with Crippen LogP contribution in [-0.4, -0.2) is 25.2 Å². The molecule has 1 aromatic heterocycles. The van der Waals surface area contributed by atoms with E-state index in [1.54, 1.807) is 38.1 Å². The number of carbonyl (C=O) groups is 2. The van der Waals surface area contributed by atoms with E-state index in [1.165, 1.54) is 12.1 Å². The van der Waals surface area contributed by atoms with Crippen molar-refractivity contribution in [2.24, 2.45) is 0 Å². The Morgan fingerprint density at radius 1 is 1.07 bits per heavy atom. The summed E-state index contributed by atoms with van der Waals surface area (Å²) in [5.74, 6) is -0.833. The molecule has 0 aliphatic rings. The molecular formula is C23H19NO6. The number of benzene rings is 2. The molecule has 0 bridgehead atoms. The summed E-state index contributed by atoms with van der Waals surface area (Å²) in [6.07, 6.45) is 1.38. The highest BCUT2D eigenvalue weighted by atomic mass is 16.6. The number of nitriles is 1. The smallest absolute Gasteiger partial charge is 0.379 e. The van der Waals surface area contributed by atoms with Gasteiger partial charge in [0.15, 0.2) is 11.5 Å². The lowest BCUT2D eigenvalue weighted by Gasteiger charge is -2.11. The highest BCUT2D eigenvalue weighted by molar-refractivity contribution is 5.98. The first-order valence-electron chi connectivity index (χ1n) is 9.32. The third kappa shape index (κ3) is 4.67. The molecule has 0 saturated heterocycles. The Morgan fingerprint density at radius 2 is 1.87 bits per heavy atom. The molecule has 0 fully saturated rings. The van der Waals surface area contributed by atoms with Gasteiger partial charge < -0.3 is 18.6 Å². The molecule has 0 atom stereocenters. The number of hydrogen-bond donors (Lipinski definition) is 0. The number of ether oxygens (including phenoxy) is 3. The lowest BCUT2D eigenvalue weighted by Crippen LogP contribution is -2.09. The van der Waals surface area contributed by atoms with Crippen molar-refractivity contribution in [1.82, 2.24) is 0 Å². The summed E-state index contributed by atoms with van der Waals surface area (Å²) < 4.78 is 21.4. The lowest BCUT2D eigenvalue weighted by atomic mass is 10.1. The van der Waals surface area contributed by atoms with Gasteiger partial charge in [0.05, 0.1) is 13.2 Å². The molecule has 0 saturated carbocycles. The van der Waals surface area contributed by atoms with Crippen molar-refractivity contribution in [2.45, 2.75) is 13.8 Å².